The fourth-order valence-corrected chi connectivity index (χ4v) is 8.22. The highest BCUT2D eigenvalue weighted by Gasteiger charge is 2.35. The summed E-state index contributed by atoms with van der Waals surface area (Å²) < 4.78 is 32.4. The monoisotopic (exact) mass is 482 g/mol. The van der Waals surface area contributed by atoms with Crippen molar-refractivity contribution in [1.82, 2.24) is 4.31 Å². The lowest BCUT2D eigenvalue weighted by molar-refractivity contribution is -0.120. The van der Waals surface area contributed by atoms with Gasteiger partial charge >= 0.3 is 5.97 Å². The van der Waals surface area contributed by atoms with Crippen molar-refractivity contribution in [3.05, 3.63) is 33.5 Å². The van der Waals surface area contributed by atoms with Crippen molar-refractivity contribution >= 4 is 49.6 Å². The normalized spacial score (nSPS) is 20.0. The van der Waals surface area contributed by atoms with Crippen molar-refractivity contribution in [3.8, 4) is 0 Å². The summed E-state index contributed by atoms with van der Waals surface area (Å²) >= 11 is 2.63. The molecule has 1 aliphatic heterocycles. The van der Waals surface area contributed by atoms with E-state index in [0.717, 1.165) is 42.5 Å². The summed E-state index contributed by atoms with van der Waals surface area (Å²) in [6.45, 7) is 0.551. The van der Waals surface area contributed by atoms with Crippen LogP contribution in [0.3, 0.4) is 0 Å². The van der Waals surface area contributed by atoms with E-state index in [9.17, 15) is 18.0 Å². The number of amides is 1. The van der Waals surface area contributed by atoms with Crippen molar-refractivity contribution in [2.45, 2.75) is 49.2 Å². The van der Waals surface area contributed by atoms with E-state index in [1.807, 2.05) is 0 Å². The van der Waals surface area contributed by atoms with Gasteiger partial charge in [-0.1, -0.05) is 12.5 Å². The van der Waals surface area contributed by atoms with Crippen molar-refractivity contribution in [2.24, 2.45) is 5.92 Å². The first-order chi connectivity index (χ1) is 14.9. The molecule has 0 radical (unpaired) electrons. The average Bonchev–Trinajstić information content (AvgIpc) is 3.37. The summed E-state index contributed by atoms with van der Waals surface area (Å²) in [5, 5.41) is 5.20. The lowest BCUT2D eigenvalue weighted by Crippen LogP contribution is -2.43. The van der Waals surface area contributed by atoms with Crippen molar-refractivity contribution in [2.75, 3.05) is 25.5 Å². The number of nitrogens with one attached hydrogen (secondary N) is 1. The highest BCUT2D eigenvalue weighted by atomic mass is 32.2. The molecule has 0 spiro atoms. The van der Waals surface area contributed by atoms with Crippen LogP contribution in [0.4, 0.5) is 5.00 Å². The third-order valence-electron chi connectivity index (χ3n) is 5.89. The number of hydrogen-bond donors (Lipinski definition) is 1. The number of rotatable bonds is 5. The SMILES string of the molecule is COC(=O)c1c(NC(=O)C2CCCN(S(=O)(=O)c3cccs3)C2)sc2c1CCCCC2. The van der Waals surface area contributed by atoms with E-state index in [1.165, 1.54) is 34.1 Å². The number of sulfonamides is 1. The number of piperidine rings is 1. The topological polar surface area (TPSA) is 92.8 Å². The molecule has 168 valence electrons. The molecule has 1 saturated heterocycles. The maximum atomic E-state index is 13.1. The molecule has 10 heteroatoms. The van der Waals surface area contributed by atoms with E-state index in [0.29, 0.717) is 34.2 Å². The number of ether oxygens (including phenoxy) is 1. The second-order valence-electron chi connectivity index (χ2n) is 7.88. The van der Waals surface area contributed by atoms with Crippen molar-refractivity contribution in [1.29, 1.82) is 0 Å². The van der Waals surface area contributed by atoms with Gasteiger partial charge in [-0.15, -0.1) is 22.7 Å². The van der Waals surface area contributed by atoms with Gasteiger partial charge < -0.3 is 10.1 Å². The molecule has 0 aromatic carbocycles. The van der Waals surface area contributed by atoms with Crippen LogP contribution in [0.1, 0.15) is 52.9 Å². The number of hydrogen-bond acceptors (Lipinski definition) is 7. The molecule has 0 saturated carbocycles. The molecule has 1 N–H and O–H groups in total. The van der Waals surface area contributed by atoms with Crippen LogP contribution in [-0.2, 0) is 32.4 Å². The van der Waals surface area contributed by atoms with Gasteiger partial charge in [0.2, 0.25) is 5.91 Å². The van der Waals surface area contributed by atoms with E-state index >= 15 is 0 Å². The molecule has 1 aliphatic carbocycles. The van der Waals surface area contributed by atoms with E-state index in [2.05, 4.69) is 5.32 Å². The Morgan fingerprint density at radius 1 is 1.19 bits per heavy atom. The van der Waals surface area contributed by atoms with E-state index in [1.54, 1.807) is 17.5 Å². The maximum absolute atomic E-state index is 13.1. The molecule has 7 nitrogen and oxygen atoms in total. The molecule has 0 bridgehead atoms. The van der Waals surface area contributed by atoms with Gasteiger partial charge in [0.1, 0.15) is 9.21 Å². The van der Waals surface area contributed by atoms with E-state index in [-0.39, 0.29) is 12.5 Å². The first kappa shape index (κ1) is 22.4. The Balaban J connectivity index is 1.54. The maximum Gasteiger partial charge on any atom is 0.341 e. The van der Waals surface area contributed by atoms with Gasteiger partial charge in [0, 0.05) is 18.0 Å². The van der Waals surface area contributed by atoms with Gasteiger partial charge in [-0.2, -0.15) is 4.31 Å². The lowest BCUT2D eigenvalue weighted by Gasteiger charge is -2.30. The van der Waals surface area contributed by atoms with E-state index in [4.69, 9.17) is 4.74 Å². The third-order valence-corrected chi connectivity index (χ3v) is 10.3. The second-order valence-corrected chi connectivity index (χ2v) is 12.1. The van der Waals surface area contributed by atoms with Crippen molar-refractivity contribution < 1.29 is 22.7 Å². The molecule has 2 aliphatic rings. The summed E-state index contributed by atoms with van der Waals surface area (Å²) in [5.74, 6) is -1.14. The third kappa shape index (κ3) is 4.57. The van der Waals surface area contributed by atoms with Crippen LogP contribution in [0.15, 0.2) is 21.7 Å². The number of aryl methyl sites for hydroxylation is 1. The van der Waals surface area contributed by atoms with Gasteiger partial charge in [-0.25, -0.2) is 13.2 Å². The Morgan fingerprint density at radius 3 is 2.74 bits per heavy atom. The fourth-order valence-electron chi connectivity index (χ4n) is 4.27. The zero-order valence-electron chi connectivity index (χ0n) is 17.4. The van der Waals surface area contributed by atoms with Crippen LogP contribution in [0.25, 0.3) is 0 Å². The standard InChI is InChI=1S/C21H26N2O5S3/c1-28-21(25)18-15-8-3-2-4-9-16(15)30-20(18)22-19(24)14-7-5-11-23(13-14)31(26,27)17-10-6-12-29-17/h6,10,12,14H,2-5,7-9,11,13H2,1H3,(H,22,24). The van der Waals surface area contributed by atoms with Crippen LogP contribution in [-0.4, -0.2) is 44.8 Å². The summed E-state index contributed by atoms with van der Waals surface area (Å²) in [5.41, 5.74) is 1.46. The highest BCUT2D eigenvalue weighted by Crippen LogP contribution is 2.38. The first-order valence-electron chi connectivity index (χ1n) is 10.5. The van der Waals surface area contributed by atoms with Gasteiger partial charge in [0.25, 0.3) is 10.0 Å². The number of esters is 1. The number of anilines is 1. The second kappa shape index (κ2) is 9.40. The number of carbonyl (C=O) groups excluding carboxylic acids is 2. The average molecular weight is 483 g/mol. The first-order valence-corrected chi connectivity index (χ1v) is 13.6. The number of carbonyl (C=O) groups is 2. The van der Waals surface area contributed by atoms with E-state index < -0.39 is 21.9 Å². The summed E-state index contributed by atoms with van der Waals surface area (Å²) in [6.07, 6.45) is 6.15. The molecule has 4 rings (SSSR count). The largest absolute Gasteiger partial charge is 0.465 e. The lowest BCUT2D eigenvalue weighted by atomic mass is 9.98. The summed E-state index contributed by atoms with van der Waals surface area (Å²) in [7, 11) is -2.24. The Labute approximate surface area is 190 Å². The number of thiophene rings is 2. The Kier molecular flexibility index (Phi) is 6.80. The predicted molar refractivity (Wildman–Crippen MR) is 121 cm³/mol. The predicted octanol–water partition coefficient (Wildman–Crippen LogP) is 3.90. The van der Waals surface area contributed by atoms with Crippen LogP contribution in [0, 0.1) is 5.92 Å². The van der Waals surface area contributed by atoms with Crippen LogP contribution >= 0.6 is 22.7 Å². The molecular weight excluding hydrogens is 456 g/mol. The molecule has 2 aromatic heterocycles. The highest BCUT2D eigenvalue weighted by molar-refractivity contribution is 7.91. The summed E-state index contributed by atoms with van der Waals surface area (Å²) in [4.78, 5) is 26.7. The Bertz CT molecular complexity index is 1060. The van der Waals surface area contributed by atoms with Crippen LogP contribution in [0.2, 0.25) is 0 Å². The molecule has 3 heterocycles. The smallest absolute Gasteiger partial charge is 0.341 e. The zero-order chi connectivity index (χ0) is 22.0. The van der Waals surface area contributed by atoms with Crippen molar-refractivity contribution in [3.63, 3.8) is 0 Å². The number of methoxy groups -OCH3 is 1. The van der Waals surface area contributed by atoms with Crippen LogP contribution < -0.4 is 5.32 Å². The summed E-state index contributed by atoms with van der Waals surface area (Å²) in [6, 6.07) is 3.30. The zero-order valence-corrected chi connectivity index (χ0v) is 19.8. The fraction of sp³-hybridized carbons (Fsp3) is 0.524. The van der Waals surface area contributed by atoms with Gasteiger partial charge in [0.05, 0.1) is 18.6 Å². The minimum absolute atomic E-state index is 0.144. The minimum atomic E-state index is -3.59. The molecule has 1 unspecified atom stereocenters. The Hall–Kier alpha value is -1.75. The molecular formula is C21H26N2O5S3. The number of fused-ring (bicyclic) bond motifs is 1. The van der Waals surface area contributed by atoms with Gasteiger partial charge in [-0.3, -0.25) is 4.79 Å². The van der Waals surface area contributed by atoms with Crippen LogP contribution in [0.5, 0.6) is 0 Å². The quantitative estimate of drug-likeness (QED) is 0.515. The number of nitrogens with zero attached hydrogens (tertiary/aromatic N) is 1. The van der Waals surface area contributed by atoms with Gasteiger partial charge in [-0.05, 0) is 55.5 Å². The molecule has 2 aromatic rings. The molecule has 1 fully saturated rings. The minimum Gasteiger partial charge on any atom is -0.465 e. The molecule has 1 amide bonds. The molecule has 31 heavy (non-hydrogen) atoms. The Morgan fingerprint density at radius 2 is 2.00 bits per heavy atom. The molecule has 1 atom stereocenters. The van der Waals surface area contributed by atoms with Gasteiger partial charge in [0.15, 0.2) is 0 Å².